The zero-order valence-electron chi connectivity index (χ0n) is 40.1. The lowest BCUT2D eigenvalue weighted by Gasteiger charge is -2.29. The van der Waals surface area contributed by atoms with E-state index in [1.807, 2.05) is 5.32 Å². The number of hydrogen-bond acceptors (Lipinski definition) is 13. The fraction of sp³-hybridized carbons (Fsp3) is 0.417. The third-order valence-electron chi connectivity index (χ3n) is 10.9. The molecule has 7 amide bonds. The number of carboxylic acids is 2. The van der Waals surface area contributed by atoms with Crippen molar-refractivity contribution in [1.29, 1.82) is 0 Å². The van der Waals surface area contributed by atoms with Crippen LogP contribution in [0.5, 0.6) is 5.75 Å². The molecule has 390 valence electrons. The summed E-state index contributed by atoms with van der Waals surface area (Å²) in [7, 11) is 0. The first-order valence-electron chi connectivity index (χ1n) is 22.9. The highest BCUT2D eigenvalue weighted by molar-refractivity contribution is 5.98. The lowest BCUT2D eigenvalue weighted by molar-refractivity contribution is -0.146. The molecule has 0 bridgehead atoms. The van der Waals surface area contributed by atoms with E-state index < -0.39 is 121 Å². The lowest BCUT2D eigenvalue weighted by Crippen LogP contribution is -2.61. The summed E-state index contributed by atoms with van der Waals surface area (Å²) in [5.41, 5.74) is 18.7. The van der Waals surface area contributed by atoms with E-state index in [2.05, 4.69) is 36.9 Å². The summed E-state index contributed by atoms with van der Waals surface area (Å²) in [6, 6.07) is 12.4. The molecule has 0 spiro atoms. The summed E-state index contributed by atoms with van der Waals surface area (Å²) in [5, 5.41) is 55.8. The van der Waals surface area contributed by atoms with Gasteiger partial charge in [0.1, 0.15) is 36.0 Å². The van der Waals surface area contributed by atoms with Crippen LogP contribution >= 0.6 is 0 Å². The van der Waals surface area contributed by atoms with Crippen molar-refractivity contribution in [3.63, 3.8) is 0 Å². The first kappa shape index (κ1) is 58.2. The molecule has 3 aromatic carbocycles. The van der Waals surface area contributed by atoms with Crippen LogP contribution < -0.4 is 54.4 Å². The minimum Gasteiger partial charge on any atom is -0.508 e. The van der Waals surface area contributed by atoms with Gasteiger partial charge < -0.3 is 74.8 Å². The molecule has 0 fully saturated rings. The molecule has 8 atom stereocenters. The van der Waals surface area contributed by atoms with Gasteiger partial charge in [0.05, 0.1) is 25.1 Å². The average molecular weight is 1000 g/mol. The second-order valence-electron chi connectivity index (χ2n) is 17.2. The molecule has 0 unspecified atom stereocenters. The van der Waals surface area contributed by atoms with Crippen LogP contribution in [0, 0.1) is 5.92 Å². The number of aromatic hydroxyl groups is 1. The fourth-order valence-electron chi connectivity index (χ4n) is 7.03. The summed E-state index contributed by atoms with van der Waals surface area (Å²) in [6.45, 7) is 3.81. The number of carbonyl (C=O) groups is 9. The zero-order valence-corrected chi connectivity index (χ0v) is 40.1. The Kier molecular flexibility index (Phi) is 23.6. The van der Waals surface area contributed by atoms with Crippen LogP contribution in [-0.2, 0) is 62.4 Å². The van der Waals surface area contributed by atoms with Crippen molar-refractivity contribution in [3.05, 3.63) is 102 Å². The van der Waals surface area contributed by atoms with Crippen molar-refractivity contribution in [1.82, 2.24) is 37.2 Å². The molecule has 0 aliphatic heterocycles. The van der Waals surface area contributed by atoms with Crippen LogP contribution in [0.1, 0.15) is 56.7 Å². The molecule has 17 N–H and O–H groups in total. The number of aliphatic imine (C=N–C) groups is 1. The molecule has 3 rings (SSSR count). The number of rotatable bonds is 29. The van der Waals surface area contributed by atoms with Crippen molar-refractivity contribution in [2.24, 2.45) is 28.1 Å². The molecule has 24 nitrogen and oxygen atoms in total. The molecule has 24 heteroatoms. The summed E-state index contributed by atoms with van der Waals surface area (Å²) >= 11 is 0. The van der Waals surface area contributed by atoms with Crippen LogP contribution in [0.3, 0.4) is 0 Å². The number of aliphatic hydroxyl groups is 1. The Bertz CT molecular complexity index is 2350. The molecule has 0 saturated heterocycles. The van der Waals surface area contributed by atoms with Crippen molar-refractivity contribution in [2.45, 2.75) is 108 Å². The standard InChI is InChI=1S/C48H65N11O13/c1-26(2)39(58-42(66)33(15-10-20-52-48(50)51)54-37(62)25-53-41(65)32(49)21-30-16-18-31(61)19-17-30)46(70)57-35(23-29-13-8-5-9-14-29)44(68)55-34(22-28-11-6-4-7-12-28)43(67)56-36(24-38(63)64)45(69)59-40(27(3)60)47(71)72/h4-9,11-14,16-19,26-27,32-36,39-40,60-61H,10,15,20-25,49H2,1-3H3,(H,53,65)(H,54,62)(H,55,68)(H,56,67)(H,57,70)(H,58,66)(H,59,69)(H,63,64)(H,71,72)(H4,50,51,52)/t27-,32+,33+,34+,35+,36+,39+,40+/m1/s1. The Balaban J connectivity index is 1.87. The molecule has 72 heavy (non-hydrogen) atoms. The van der Waals surface area contributed by atoms with Gasteiger partial charge in [-0.05, 0) is 60.9 Å². The van der Waals surface area contributed by atoms with Crippen molar-refractivity contribution in [3.8, 4) is 5.75 Å². The predicted octanol–water partition coefficient (Wildman–Crippen LogP) is -2.58. The summed E-state index contributed by atoms with van der Waals surface area (Å²) < 4.78 is 0. The number of guanidine groups is 1. The molecule has 0 saturated carbocycles. The number of nitrogens with zero attached hydrogens (tertiary/aromatic N) is 1. The van der Waals surface area contributed by atoms with Gasteiger partial charge in [-0.2, -0.15) is 0 Å². The quantitative estimate of drug-likeness (QED) is 0.0193. The normalized spacial score (nSPS) is 14.2. The van der Waals surface area contributed by atoms with Crippen molar-refractivity contribution < 1.29 is 63.6 Å². The van der Waals surface area contributed by atoms with Gasteiger partial charge in [-0.15, -0.1) is 0 Å². The molecular formula is C48H65N11O13. The van der Waals surface area contributed by atoms with Gasteiger partial charge in [0.2, 0.25) is 41.4 Å². The van der Waals surface area contributed by atoms with Gasteiger partial charge in [-0.3, -0.25) is 43.3 Å². The van der Waals surface area contributed by atoms with Gasteiger partial charge in [-0.25, -0.2) is 4.79 Å². The summed E-state index contributed by atoms with van der Waals surface area (Å²) in [6.07, 6.45) is -2.74. The number of benzene rings is 3. The Labute approximate surface area is 415 Å². The van der Waals surface area contributed by atoms with Crippen LogP contribution in [0.15, 0.2) is 89.9 Å². The maximum Gasteiger partial charge on any atom is 0.328 e. The van der Waals surface area contributed by atoms with Crippen molar-refractivity contribution in [2.75, 3.05) is 13.1 Å². The first-order chi connectivity index (χ1) is 34.0. The van der Waals surface area contributed by atoms with Crippen LogP contribution in [-0.4, -0.2) is 141 Å². The summed E-state index contributed by atoms with van der Waals surface area (Å²) in [5.74, 6) is -10.3. The van der Waals surface area contributed by atoms with E-state index in [-0.39, 0.29) is 50.4 Å². The number of hydrogen-bond donors (Lipinski definition) is 14. The fourth-order valence-corrected chi connectivity index (χ4v) is 7.03. The monoisotopic (exact) mass is 1000 g/mol. The second kappa shape index (κ2) is 29.2. The first-order valence-corrected chi connectivity index (χ1v) is 22.9. The van der Waals surface area contributed by atoms with Crippen LogP contribution in [0.25, 0.3) is 0 Å². The van der Waals surface area contributed by atoms with E-state index in [1.165, 1.54) is 12.1 Å². The number of carbonyl (C=O) groups excluding carboxylic acids is 7. The Morgan fingerprint density at radius 3 is 1.53 bits per heavy atom. The maximum atomic E-state index is 14.4. The van der Waals surface area contributed by atoms with Gasteiger partial charge in [-0.1, -0.05) is 86.6 Å². The lowest BCUT2D eigenvalue weighted by atomic mass is 9.99. The third-order valence-corrected chi connectivity index (χ3v) is 10.9. The number of phenols is 1. The number of aliphatic hydroxyl groups excluding tert-OH is 1. The number of amides is 7. The van der Waals surface area contributed by atoms with E-state index in [0.717, 1.165) is 6.92 Å². The van der Waals surface area contributed by atoms with Gasteiger partial charge in [0, 0.05) is 19.4 Å². The largest absolute Gasteiger partial charge is 0.508 e. The Morgan fingerprint density at radius 2 is 1.04 bits per heavy atom. The third kappa shape index (κ3) is 20.5. The number of aliphatic carboxylic acids is 2. The molecule has 0 aromatic heterocycles. The maximum absolute atomic E-state index is 14.4. The van der Waals surface area contributed by atoms with Gasteiger partial charge in [0.25, 0.3) is 0 Å². The summed E-state index contributed by atoms with van der Waals surface area (Å²) in [4.78, 5) is 123. The number of phenolic OH excluding ortho intramolecular Hbond substituents is 1. The van der Waals surface area contributed by atoms with Crippen molar-refractivity contribution >= 4 is 59.2 Å². The molecule has 0 aliphatic carbocycles. The van der Waals surface area contributed by atoms with E-state index in [1.54, 1.807) is 86.6 Å². The Hall–Kier alpha value is -8.12. The average Bonchev–Trinajstić information content (AvgIpc) is 3.32. The molecule has 0 aliphatic rings. The van der Waals surface area contributed by atoms with E-state index in [0.29, 0.717) is 16.7 Å². The highest BCUT2D eigenvalue weighted by atomic mass is 16.4. The molecule has 0 heterocycles. The highest BCUT2D eigenvalue weighted by Crippen LogP contribution is 2.13. The van der Waals surface area contributed by atoms with Crippen LogP contribution in [0.2, 0.25) is 0 Å². The Morgan fingerprint density at radius 1 is 0.569 bits per heavy atom. The van der Waals surface area contributed by atoms with Gasteiger partial charge >= 0.3 is 11.9 Å². The van der Waals surface area contributed by atoms with Gasteiger partial charge in [0.15, 0.2) is 12.0 Å². The highest BCUT2D eigenvalue weighted by Gasteiger charge is 2.36. The second-order valence-corrected chi connectivity index (χ2v) is 17.2. The minimum absolute atomic E-state index is 0.0302. The molecule has 3 aromatic rings. The SMILES string of the molecule is CC(C)[C@H](NC(=O)[C@H](CCCN=C(N)N)NC(=O)CNC(=O)[C@@H](N)Cc1ccc(O)cc1)C(=O)N[C@@H](Cc1ccccc1)C(=O)N[C@@H](Cc1ccccc1)C(=O)N[C@@H](CC(=O)O)C(=O)N[C@H](C(=O)O)[C@@H](C)O. The number of nitrogens with two attached hydrogens (primary N) is 3. The smallest absolute Gasteiger partial charge is 0.328 e. The minimum atomic E-state index is -1.87. The molecule has 0 radical (unpaired) electrons. The zero-order chi connectivity index (χ0) is 53.5. The number of carboxylic acid groups (broad SMARTS) is 2. The van der Waals surface area contributed by atoms with E-state index in [9.17, 15) is 63.6 Å². The topological polar surface area (TPSA) is 409 Å². The van der Waals surface area contributed by atoms with Crippen LogP contribution in [0.4, 0.5) is 0 Å². The van der Waals surface area contributed by atoms with E-state index >= 15 is 0 Å². The predicted molar refractivity (Wildman–Crippen MR) is 261 cm³/mol. The number of nitrogens with one attached hydrogen (secondary N) is 7. The van der Waals surface area contributed by atoms with E-state index in [4.69, 9.17) is 17.2 Å². The molecular weight excluding hydrogens is 939 g/mol.